The summed E-state index contributed by atoms with van der Waals surface area (Å²) in [4.78, 5) is 0. The summed E-state index contributed by atoms with van der Waals surface area (Å²) in [6.07, 6.45) is 2.21. The molecule has 1 aromatic rings. The highest BCUT2D eigenvalue weighted by Gasteiger charge is 1.98. The Hall–Kier alpha value is -0.0500. The van der Waals surface area contributed by atoms with E-state index in [1.165, 1.54) is 10.0 Å². The maximum atomic E-state index is 5.86. The lowest BCUT2D eigenvalue weighted by Gasteiger charge is -2.07. The van der Waals surface area contributed by atoms with Gasteiger partial charge < -0.3 is 5.32 Å². The first-order chi connectivity index (χ1) is 7.20. The largest absolute Gasteiger partial charge is 0.313 e. The lowest BCUT2D eigenvalue weighted by molar-refractivity contribution is 0.618. The van der Waals surface area contributed by atoms with E-state index in [4.69, 9.17) is 11.6 Å². The molecule has 0 saturated heterocycles. The minimum Gasteiger partial charge on any atom is -0.313 e. The molecule has 0 aliphatic carbocycles. The number of alkyl halides is 1. The van der Waals surface area contributed by atoms with Crippen LogP contribution in [0, 0.1) is 0 Å². The minimum absolute atomic E-state index is 0.287. The van der Waals surface area contributed by atoms with Crippen molar-refractivity contribution < 1.29 is 0 Å². The summed E-state index contributed by atoms with van der Waals surface area (Å²) in [6.45, 7) is 3.98. The number of benzene rings is 1. The van der Waals surface area contributed by atoms with Gasteiger partial charge in [-0.2, -0.15) is 0 Å². The molecule has 0 amide bonds. The van der Waals surface area contributed by atoms with Crippen molar-refractivity contribution in [1.82, 2.24) is 5.32 Å². The summed E-state index contributed by atoms with van der Waals surface area (Å²) in [5, 5.41) is 3.70. The fraction of sp³-hybridized carbons (Fsp3) is 0.500. The van der Waals surface area contributed by atoms with Crippen LogP contribution >= 0.6 is 27.5 Å². The second kappa shape index (κ2) is 7.26. The van der Waals surface area contributed by atoms with Crippen LogP contribution in [0.25, 0.3) is 0 Å². The maximum Gasteiger partial charge on any atom is 0.0308 e. The Bertz CT molecular complexity index is 289. The first-order valence-corrected chi connectivity index (χ1v) is 6.51. The van der Waals surface area contributed by atoms with Gasteiger partial charge in [-0.3, -0.25) is 0 Å². The lowest BCUT2D eigenvalue weighted by Crippen LogP contribution is -2.15. The molecule has 0 bridgehead atoms. The van der Waals surface area contributed by atoms with Crippen LogP contribution in [-0.4, -0.2) is 11.9 Å². The molecular weight excluding hydrogens is 273 g/mol. The summed E-state index contributed by atoms with van der Waals surface area (Å²) in [7, 11) is 0. The quantitative estimate of drug-likeness (QED) is 0.618. The Morgan fingerprint density at radius 3 is 2.80 bits per heavy atom. The van der Waals surface area contributed by atoms with Crippen LogP contribution in [-0.2, 0) is 6.54 Å². The summed E-state index contributed by atoms with van der Waals surface area (Å²) >= 11 is 9.39. The fourth-order valence-electron chi connectivity index (χ4n) is 1.37. The van der Waals surface area contributed by atoms with E-state index >= 15 is 0 Å². The Morgan fingerprint density at radius 1 is 1.40 bits per heavy atom. The van der Waals surface area contributed by atoms with Gasteiger partial charge >= 0.3 is 0 Å². The number of nitrogens with one attached hydrogen (secondary N) is 1. The van der Waals surface area contributed by atoms with Gasteiger partial charge in [-0.05, 0) is 37.9 Å². The number of rotatable bonds is 6. The molecule has 0 aliphatic heterocycles. The zero-order valence-corrected chi connectivity index (χ0v) is 11.3. The molecule has 3 heteroatoms. The van der Waals surface area contributed by atoms with Crippen LogP contribution in [0.5, 0.6) is 0 Å². The lowest BCUT2D eigenvalue weighted by atomic mass is 10.2. The van der Waals surface area contributed by atoms with Crippen LogP contribution in [0.2, 0.25) is 0 Å². The second-order valence-electron chi connectivity index (χ2n) is 3.69. The number of hydrogen-bond donors (Lipinski definition) is 1. The number of halogens is 2. The molecule has 1 nitrogen and oxygen atoms in total. The smallest absolute Gasteiger partial charge is 0.0308 e. The molecule has 0 aliphatic rings. The van der Waals surface area contributed by atoms with Gasteiger partial charge in [0.05, 0.1) is 0 Å². The molecule has 1 unspecified atom stereocenters. The zero-order chi connectivity index (χ0) is 11.1. The van der Waals surface area contributed by atoms with Crippen molar-refractivity contribution in [2.24, 2.45) is 0 Å². The van der Waals surface area contributed by atoms with Gasteiger partial charge in [-0.1, -0.05) is 34.1 Å². The first kappa shape index (κ1) is 13.0. The van der Waals surface area contributed by atoms with Crippen molar-refractivity contribution in [3.8, 4) is 0 Å². The average molecular weight is 291 g/mol. The van der Waals surface area contributed by atoms with Crippen molar-refractivity contribution in [3.05, 3.63) is 34.3 Å². The molecule has 0 heterocycles. The molecule has 0 fully saturated rings. The molecule has 0 radical (unpaired) electrons. The summed E-state index contributed by atoms with van der Waals surface area (Å²) < 4.78 is 1.17. The standard InChI is InChI=1S/C12H17BrClN/c1-10(14)5-4-8-15-9-11-6-2-3-7-12(11)13/h2-3,6-7,10,15H,4-5,8-9H2,1H3. The van der Waals surface area contributed by atoms with Crippen LogP contribution < -0.4 is 5.32 Å². The molecule has 1 rings (SSSR count). The molecule has 15 heavy (non-hydrogen) atoms. The maximum absolute atomic E-state index is 5.86. The van der Waals surface area contributed by atoms with Crippen LogP contribution in [0.3, 0.4) is 0 Å². The van der Waals surface area contributed by atoms with Crippen LogP contribution in [0.1, 0.15) is 25.3 Å². The number of hydrogen-bond acceptors (Lipinski definition) is 1. The normalized spacial score (nSPS) is 12.7. The minimum atomic E-state index is 0.287. The van der Waals surface area contributed by atoms with Crippen molar-refractivity contribution >= 4 is 27.5 Å². The van der Waals surface area contributed by atoms with Gasteiger partial charge in [0.1, 0.15) is 0 Å². The predicted octanol–water partition coefficient (Wildman–Crippen LogP) is 3.95. The molecule has 0 spiro atoms. The molecule has 0 aromatic heterocycles. The van der Waals surface area contributed by atoms with E-state index in [0.717, 1.165) is 25.9 Å². The summed E-state index contributed by atoms with van der Waals surface area (Å²) in [5.74, 6) is 0. The van der Waals surface area contributed by atoms with Gasteiger partial charge in [-0.25, -0.2) is 0 Å². The SMILES string of the molecule is CC(Cl)CCCNCc1ccccc1Br. The van der Waals surface area contributed by atoms with Gasteiger partial charge in [0.2, 0.25) is 0 Å². The third-order valence-electron chi connectivity index (χ3n) is 2.23. The summed E-state index contributed by atoms with van der Waals surface area (Å²) in [6, 6.07) is 8.28. The van der Waals surface area contributed by atoms with Gasteiger partial charge in [0, 0.05) is 16.4 Å². The van der Waals surface area contributed by atoms with Gasteiger partial charge in [-0.15, -0.1) is 11.6 Å². The Labute approximate surface area is 105 Å². The molecule has 0 saturated carbocycles. The van der Waals surface area contributed by atoms with E-state index in [0.29, 0.717) is 0 Å². The molecule has 1 aromatic carbocycles. The highest BCUT2D eigenvalue weighted by atomic mass is 79.9. The monoisotopic (exact) mass is 289 g/mol. The van der Waals surface area contributed by atoms with Gasteiger partial charge in [0.15, 0.2) is 0 Å². The highest BCUT2D eigenvalue weighted by Crippen LogP contribution is 2.15. The van der Waals surface area contributed by atoms with E-state index < -0.39 is 0 Å². The third kappa shape index (κ3) is 5.55. The molecule has 1 atom stereocenters. The van der Waals surface area contributed by atoms with Crippen molar-refractivity contribution in [1.29, 1.82) is 0 Å². The predicted molar refractivity (Wildman–Crippen MR) is 70.4 cm³/mol. The highest BCUT2D eigenvalue weighted by molar-refractivity contribution is 9.10. The third-order valence-corrected chi connectivity index (χ3v) is 3.22. The Kier molecular flexibility index (Phi) is 6.30. The molecule has 84 valence electrons. The van der Waals surface area contributed by atoms with E-state index in [2.05, 4.69) is 39.4 Å². The average Bonchev–Trinajstić information content (AvgIpc) is 2.20. The fourth-order valence-corrected chi connectivity index (χ4v) is 1.95. The topological polar surface area (TPSA) is 12.0 Å². The second-order valence-corrected chi connectivity index (χ2v) is 5.29. The Morgan fingerprint density at radius 2 is 2.13 bits per heavy atom. The first-order valence-electron chi connectivity index (χ1n) is 5.28. The molecular formula is C12H17BrClN. The van der Waals surface area contributed by atoms with Crippen molar-refractivity contribution in [2.75, 3.05) is 6.54 Å². The van der Waals surface area contributed by atoms with Gasteiger partial charge in [0.25, 0.3) is 0 Å². The van der Waals surface area contributed by atoms with E-state index in [-0.39, 0.29) is 5.38 Å². The van der Waals surface area contributed by atoms with E-state index in [1.54, 1.807) is 0 Å². The van der Waals surface area contributed by atoms with E-state index in [9.17, 15) is 0 Å². The van der Waals surface area contributed by atoms with Crippen molar-refractivity contribution in [3.63, 3.8) is 0 Å². The molecule has 1 N–H and O–H groups in total. The van der Waals surface area contributed by atoms with Crippen LogP contribution in [0.4, 0.5) is 0 Å². The summed E-state index contributed by atoms with van der Waals surface area (Å²) in [5.41, 5.74) is 1.30. The Balaban J connectivity index is 2.18. The zero-order valence-electron chi connectivity index (χ0n) is 8.97. The van der Waals surface area contributed by atoms with E-state index in [1.807, 2.05) is 13.0 Å². The van der Waals surface area contributed by atoms with Crippen molar-refractivity contribution in [2.45, 2.75) is 31.7 Å². The van der Waals surface area contributed by atoms with Crippen LogP contribution in [0.15, 0.2) is 28.7 Å².